The largest absolute Gasteiger partial charge is 0.338 e. The maximum absolute atomic E-state index is 12.9. The lowest BCUT2D eigenvalue weighted by Crippen LogP contribution is -2.38. The third-order valence-electron chi connectivity index (χ3n) is 4.28. The molecule has 1 heterocycles. The molecule has 0 N–H and O–H groups in total. The van der Waals surface area contributed by atoms with Gasteiger partial charge in [0.2, 0.25) is 5.91 Å². The topological polar surface area (TPSA) is 57.7 Å². The van der Waals surface area contributed by atoms with Crippen molar-refractivity contribution >= 4 is 38.9 Å². The third kappa shape index (κ3) is 6.13. The Morgan fingerprint density at radius 3 is 2.48 bits per heavy atom. The number of carbonyl (C=O) groups is 1. The fourth-order valence-electron chi connectivity index (χ4n) is 2.95. The summed E-state index contributed by atoms with van der Waals surface area (Å²) in [6.45, 7) is 1.83. The van der Waals surface area contributed by atoms with Crippen LogP contribution in [0.3, 0.4) is 0 Å². The van der Waals surface area contributed by atoms with Gasteiger partial charge >= 0.3 is 0 Å². The van der Waals surface area contributed by atoms with Gasteiger partial charge in [-0.2, -0.15) is 0 Å². The number of halogens is 2. The summed E-state index contributed by atoms with van der Waals surface area (Å²) < 4.78 is 23.4. The molecule has 1 amide bonds. The van der Waals surface area contributed by atoms with Gasteiger partial charge in [0.05, 0.1) is 27.5 Å². The van der Waals surface area contributed by atoms with Crippen molar-refractivity contribution in [2.24, 2.45) is 5.92 Å². The molecule has 5 nitrogen and oxygen atoms in total. The van der Waals surface area contributed by atoms with Crippen LogP contribution in [0.25, 0.3) is 0 Å². The van der Waals surface area contributed by atoms with E-state index in [4.69, 9.17) is 23.2 Å². The second-order valence-electron chi connectivity index (χ2n) is 6.77. The van der Waals surface area contributed by atoms with E-state index in [2.05, 4.69) is 4.90 Å². The van der Waals surface area contributed by atoms with E-state index in [1.807, 2.05) is 20.2 Å². The number of carbonyl (C=O) groups excluding carboxylic acids is 1. The van der Waals surface area contributed by atoms with Crippen LogP contribution in [0.4, 0.5) is 0 Å². The van der Waals surface area contributed by atoms with Crippen LogP contribution in [0.1, 0.15) is 18.4 Å². The number of hydrogen-bond acceptors (Lipinski definition) is 4. The Labute approximate surface area is 159 Å². The second-order valence-corrected chi connectivity index (χ2v) is 9.81. The fraction of sp³-hybridized carbons (Fsp3) is 0.588. The zero-order chi connectivity index (χ0) is 18.6. The number of hydrogen-bond donors (Lipinski definition) is 0. The minimum Gasteiger partial charge on any atom is -0.338 e. The summed E-state index contributed by atoms with van der Waals surface area (Å²) in [6.07, 6.45) is 1.23. The first-order chi connectivity index (χ1) is 11.7. The predicted octanol–water partition coefficient (Wildman–Crippen LogP) is 2.71. The smallest absolute Gasteiger partial charge is 0.227 e. The molecule has 0 saturated carbocycles. The number of rotatable bonds is 7. The molecule has 25 heavy (non-hydrogen) atoms. The molecule has 0 spiro atoms. The Balaban J connectivity index is 2.11. The van der Waals surface area contributed by atoms with Gasteiger partial charge in [0.15, 0.2) is 9.84 Å². The van der Waals surface area contributed by atoms with E-state index in [-0.39, 0.29) is 17.4 Å². The normalized spacial score (nSPS) is 19.3. The highest BCUT2D eigenvalue weighted by molar-refractivity contribution is 7.91. The summed E-state index contributed by atoms with van der Waals surface area (Å²) in [5, 5.41) is 0.918. The highest BCUT2D eigenvalue weighted by Crippen LogP contribution is 2.25. The van der Waals surface area contributed by atoms with Gasteiger partial charge in [-0.3, -0.25) is 4.79 Å². The Kier molecular flexibility index (Phi) is 7.14. The lowest BCUT2D eigenvalue weighted by atomic mass is 10.1. The SMILES string of the molecule is CN(C)CCCN(Cc1ccc(Cl)c(Cl)c1)C(=O)C1CCS(=O)(=O)C1. The second kappa shape index (κ2) is 8.71. The van der Waals surface area contributed by atoms with Crippen molar-refractivity contribution in [3.05, 3.63) is 33.8 Å². The first-order valence-corrected chi connectivity index (χ1v) is 10.8. The van der Waals surface area contributed by atoms with Gasteiger partial charge in [0, 0.05) is 13.1 Å². The van der Waals surface area contributed by atoms with Crippen LogP contribution in [-0.4, -0.2) is 62.8 Å². The van der Waals surface area contributed by atoms with Gasteiger partial charge in [0.1, 0.15) is 0 Å². The van der Waals surface area contributed by atoms with E-state index in [0.29, 0.717) is 29.6 Å². The van der Waals surface area contributed by atoms with Crippen molar-refractivity contribution < 1.29 is 13.2 Å². The van der Waals surface area contributed by atoms with Gasteiger partial charge in [0.25, 0.3) is 0 Å². The maximum Gasteiger partial charge on any atom is 0.227 e. The lowest BCUT2D eigenvalue weighted by molar-refractivity contribution is -0.135. The van der Waals surface area contributed by atoms with Crippen molar-refractivity contribution in [1.82, 2.24) is 9.80 Å². The number of nitrogens with zero attached hydrogens (tertiary/aromatic N) is 2. The van der Waals surface area contributed by atoms with Crippen molar-refractivity contribution in [2.45, 2.75) is 19.4 Å². The molecule has 1 aliphatic heterocycles. The molecule has 1 atom stereocenters. The summed E-state index contributed by atoms with van der Waals surface area (Å²) in [6, 6.07) is 5.30. The molecule has 0 aliphatic carbocycles. The molecule has 0 radical (unpaired) electrons. The van der Waals surface area contributed by atoms with E-state index in [0.717, 1.165) is 18.5 Å². The van der Waals surface area contributed by atoms with Gasteiger partial charge in [-0.05, 0) is 51.2 Å². The quantitative estimate of drug-likeness (QED) is 0.698. The molecule has 0 aromatic heterocycles. The van der Waals surface area contributed by atoms with Crippen molar-refractivity contribution in [2.75, 3.05) is 38.7 Å². The van der Waals surface area contributed by atoms with E-state index < -0.39 is 15.8 Å². The van der Waals surface area contributed by atoms with Crippen molar-refractivity contribution in [1.29, 1.82) is 0 Å². The monoisotopic (exact) mass is 406 g/mol. The Morgan fingerprint density at radius 1 is 1.20 bits per heavy atom. The summed E-state index contributed by atoms with van der Waals surface area (Å²) in [7, 11) is 0.874. The number of amides is 1. The summed E-state index contributed by atoms with van der Waals surface area (Å²) in [4.78, 5) is 16.7. The van der Waals surface area contributed by atoms with Crippen LogP contribution >= 0.6 is 23.2 Å². The van der Waals surface area contributed by atoms with Crippen LogP contribution in [-0.2, 0) is 21.2 Å². The van der Waals surface area contributed by atoms with Crippen LogP contribution in [0.2, 0.25) is 10.0 Å². The van der Waals surface area contributed by atoms with E-state index in [1.165, 1.54) is 0 Å². The molecule has 1 saturated heterocycles. The standard InChI is InChI=1S/C17H24Cl2N2O3S/c1-20(2)7-3-8-21(11-13-4-5-15(18)16(19)10-13)17(22)14-6-9-25(23,24)12-14/h4-5,10,14H,3,6-9,11-12H2,1-2H3. The average Bonchev–Trinajstić information content (AvgIpc) is 2.89. The van der Waals surface area contributed by atoms with E-state index >= 15 is 0 Å². The minimum atomic E-state index is -3.09. The molecule has 2 rings (SSSR count). The highest BCUT2D eigenvalue weighted by atomic mass is 35.5. The zero-order valence-corrected chi connectivity index (χ0v) is 16.9. The average molecular weight is 407 g/mol. The fourth-order valence-corrected chi connectivity index (χ4v) is 5.00. The van der Waals surface area contributed by atoms with Crippen LogP contribution in [0.5, 0.6) is 0 Å². The summed E-state index contributed by atoms with van der Waals surface area (Å²) >= 11 is 12.0. The Morgan fingerprint density at radius 2 is 1.92 bits per heavy atom. The molecule has 0 bridgehead atoms. The maximum atomic E-state index is 12.9. The molecule has 1 aromatic rings. The van der Waals surface area contributed by atoms with Crippen LogP contribution in [0.15, 0.2) is 18.2 Å². The first kappa shape index (κ1) is 20.5. The van der Waals surface area contributed by atoms with E-state index in [1.54, 1.807) is 17.0 Å². The molecule has 1 fully saturated rings. The van der Waals surface area contributed by atoms with Gasteiger partial charge in [-0.1, -0.05) is 29.3 Å². The molecule has 1 unspecified atom stereocenters. The lowest BCUT2D eigenvalue weighted by Gasteiger charge is -2.26. The zero-order valence-electron chi connectivity index (χ0n) is 14.5. The summed E-state index contributed by atoms with van der Waals surface area (Å²) in [5.41, 5.74) is 0.883. The van der Waals surface area contributed by atoms with Gasteiger partial charge in [-0.25, -0.2) is 8.42 Å². The van der Waals surface area contributed by atoms with Crippen LogP contribution < -0.4 is 0 Å². The predicted molar refractivity (Wildman–Crippen MR) is 102 cm³/mol. The molecule has 1 aliphatic rings. The highest BCUT2D eigenvalue weighted by Gasteiger charge is 2.35. The van der Waals surface area contributed by atoms with E-state index in [9.17, 15) is 13.2 Å². The molecule has 140 valence electrons. The van der Waals surface area contributed by atoms with Crippen molar-refractivity contribution in [3.8, 4) is 0 Å². The molecular formula is C17H24Cl2N2O3S. The molecular weight excluding hydrogens is 383 g/mol. The Bertz CT molecular complexity index is 723. The van der Waals surface area contributed by atoms with Crippen LogP contribution in [0, 0.1) is 5.92 Å². The van der Waals surface area contributed by atoms with Gasteiger partial charge in [-0.15, -0.1) is 0 Å². The first-order valence-electron chi connectivity index (χ1n) is 8.26. The number of benzene rings is 1. The van der Waals surface area contributed by atoms with Crippen molar-refractivity contribution in [3.63, 3.8) is 0 Å². The number of sulfone groups is 1. The minimum absolute atomic E-state index is 0.0443. The summed E-state index contributed by atoms with van der Waals surface area (Å²) in [5.74, 6) is -0.475. The third-order valence-corrected chi connectivity index (χ3v) is 6.79. The molecule has 8 heteroatoms. The molecule has 1 aromatic carbocycles. The van der Waals surface area contributed by atoms with Gasteiger partial charge < -0.3 is 9.80 Å². The Hall–Kier alpha value is -0.820.